The summed E-state index contributed by atoms with van der Waals surface area (Å²) in [5.41, 5.74) is 1.67. The number of esters is 1. The Morgan fingerprint density at radius 2 is 1.88 bits per heavy atom. The Balaban J connectivity index is 2.02. The van der Waals surface area contributed by atoms with Gasteiger partial charge in [0.2, 0.25) is 11.8 Å². The van der Waals surface area contributed by atoms with E-state index >= 15 is 0 Å². The summed E-state index contributed by atoms with van der Waals surface area (Å²) in [6.07, 6.45) is 3.26. The molecule has 2 aromatic rings. The molecule has 0 spiro atoms. The van der Waals surface area contributed by atoms with Crippen LogP contribution >= 0.6 is 0 Å². The predicted molar refractivity (Wildman–Crippen MR) is 91.7 cm³/mol. The number of rotatable bonds is 6. The van der Waals surface area contributed by atoms with Crippen LogP contribution in [-0.4, -0.2) is 41.3 Å². The normalized spacial score (nSPS) is 10.0. The third-order valence-electron chi connectivity index (χ3n) is 3.47. The van der Waals surface area contributed by atoms with E-state index in [-0.39, 0.29) is 18.4 Å². The van der Waals surface area contributed by atoms with Gasteiger partial charge in [0.1, 0.15) is 6.54 Å². The number of hydrogen-bond acceptors (Lipinski definition) is 5. The van der Waals surface area contributed by atoms with Gasteiger partial charge in [-0.1, -0.05) is 6.07 Å². The number of carbonyl (C=O) groups excluding carboxylic acids is 3. The Morgan fingerprint density at radius 1 is 1.16 bits per heavy atom. The summed E-state index contributed by atoms with van der Waals surface area (Å²) >= 11 is 0. The van der Waals surface area contributed by atoms with Crippen LogP contribution in [-0.2, 0) is 20.9 Å². The highest BCUT2D eigenvalue weighted by Gasteiger charge is 2.15. The minimum Gasteiger partial charge on any atom is -0.465 e. The van der Waals surface area contributed by atoms with Gasteiger partial charge in [0, 0.05) is 31.5 Å². The zero-order chi connectivity index (χ0) is 18.2. The number of ether oxygens (including phenoxy) is 1. The third-order valence-corrected chi connectivity index (χ3v) is 3.47. The van der Waals surface area contributed by atoms with Crippen molar-refractivity contribution in [2.45, 2.75) is 13.5 Å². The number of methoxy groups -OCH3 is 1. The Bertz CT molecular complexity index is 762. The first kappa shape index (κ1) is 18.1. The molecule has 7 nitrogen and oxygen atoms in total. The van der Waals surface area contributed by atoms with E-state index < -0.39 is 5.97 Å². The number of pyridine rings is 1. The van der Waals surface area contributed by atoms with Gasteiger partial charge in [0.15, 0.2) is 0 Å². The van der Waals surface area contributed by atoms with E-state index in [1.54, 1.807) is 42.7 Å². The molecule has 2 rings (SSSR count). The fraction of sp³-hybridized carbons (Fsp3) is 0.222. The molecular formula is C18H19N3O4. The number of hydrogen-bond donors (Lipinski definition) is 1. The highest BCUT2D eigenvalue weighted by Crippen LogP contribution is 2.12. The van der Waals surface area contributed by atoms with Gasteiger partial charge in [-0.15, -0.1) is 0 Å². The largest absolute Gasteiger partial charge is 0.465 e. The highest BCUT2D eigenvalue weighted by molar-refractivity contribution is 5.96. The van der Waals surface area contributed by atoms with E-state index in [9.17, 15) is 14.4 Å². The molecule has 7 heteroatoms. The van der Waals surface area contributed by atoms with Crippen molar-refractivity contribution < 1.29 is 19.1 Å². The molecule has 0 aliphatic heterocycles. The summed E-state index contributed by atoms with van der Waals surface area (Å²) in [7, 11) is 1.29. The fourth-order valence-electron chi connectivity index (χ4n) is 2.20. The molecule has 0 bridgehead atoms. The minimum absolute atomic E-state index is 0.0971. The molecule has 0 saturated carbocycles. The van der Waals surface area contributed by atoms with Crippen LogP contribution in [0, 0.1) is 0 Å². The molecule has 1 N–H and O–H groups in total. The number of amides is 2. The molecule has 1 heterocycles. The minimum atomic E-state index is -0.487. The summed E-state index contributed by atoms with van der Waals surface area (Å²) in [4.78, 5) is 40.9. The Kier molecular flexibility index (Phi) is 6.22. The second-order valence-corrected chi connectivity index (χ2v) is 5.35. The lowest BCUT2D eigenvalue weighted by atomic mass is 10.2. The van der Waals surface area contributed by atoms with Gasteiger partial charge in [0.05, 0.1) is 12.7 Å². The van der Waals surface area contributed by atoms with Crippen LogP contribution in [0.3, 0.4) is 0 Å². The van der Waals surface area contributed by atoms with Crippen molar-refractivity contribution in [2.24, 2.45) is 0 Å². The Labute approximate surface area is 145 Å². The summed E-state index contributed by atoms with van der Waals surface area (Å²) in [5.74, 6) is -1.05. The quantitative estimate of drug-likeness (QED) is 0.810. The van der Waals surface area contributed by atoms with Crippen LogP contribution in [0.4, 0.5) is 5.69 Å². The summed E-state index contributed by atoms with van der Waals surface area (Å²) in [5, 5.41) is 2.68. The topological polar surface area (TPSA) is 88.6 Å². The van der Waals surface area contributed by atoms with Gasteiger partial charge in [-0.2, -0.15) is 0 Å². The molecule has 1 aromatic heterocycles. The third kappa shape index (κ3) is 5.42. The van der Waals surface area contributed by atoms with Crippen molar-refractivity contribution in [3.8, 4) is 0 Å². The van der Waals surface area contributed by atoms with Gasteiger partial charge < -0.3 is 15.0 Å². The maximum absolute atomic E-state index is 12.2. The van der Waals surface area contributed by atoms with E-state index in [0.29, 0.717) is 17.8 Å². The van der Waals surface area contributed by atoms with Crippen molar-refractivity contribution in [1.82, 2.24) is 9.88 Å². The SMILES string of the molecule is COC(=O)c1cccc(NC(=O)CN(Cc2ccncc2)C(C)=O)c1. The number of anilines is 1. The first-order valence-corrected chi connectivity index (χ1v) is 7.62. The predicted octanol–water partition coefficient (Wildman–Crippen LogP) is 1.86. The van der Waals surface area contributed by atoms with Gasteiger partial charge in [0.25, 0.3) is 0 Å². The molecule has 0 aliphatic carbocycles. The van der Waals surface area contributed by atoms with Crippen LogP contribution < -0.4 is 5.32 Å². The molecule has 25 heavy (non-hydrogen) atoms. The molecule has 130 valence electrons. The van der Waals surface area contributed by atoms with E-state index in [2.05, 4.69) is 15.0 Å². The zero-order valence-corrected chi connectivity index (χ0v) is 14.1. The molecule has 0 radical (unpaired) electrons. The average molecular weight is 341 g/mol. The van der Waals surface area contributed by atoms with E-state index in [1.165, 1.54) is 25.0 Å². The number of aromatic nitrogens is 1. The van der Waals surface area contributed by atoms with Crippen LogP contribution in [0.5, 0.6) is 0 Å². The molecule has 1 aromatic carbocycles. The van der Waals surface area contributed by atoms with Crippen LogP contribution in [0.25, 0.3) is 0 Å². The van der Waals surface area contributed by atoms with Crippen LogP contribution in [0.15, 0.2) is 48.8 Å². The number of nitrogens with one attached hydrogen (secondary N) is 1. The standard InChI is InChI=1S/C18H19N3O4/c1-13(22)21(11-14-6-8-19-9-7-14)12-17(23)20-16-5-3-4-15(10-16)18(24)25-2/h3-10H,11-12H2,1-2H3,(H,20,23). The smallest absolute Gasteiger partial charge is 0.337 e. The molecule has 0 unspecified atom stereocenters. The molecular weight excluding hydrogens is 322 g/mol. The van der Waals surface area contributed by atoms with Crippen molar-refractivity contribution >= 4 is 23.5 Å². The zero-order valence-electron chi connectivity index (χ0n) is 14.1. The molecule has 0 atom stereocenters. The monoisotopic (exact) mass is 341 g/mol. The van der Waals surface area contributed by atoms with Crippen LogP contribution in [0.2, 0.25) is 0 Å². The molecule has 0 saturated heterocycles. The lowest BCUT2D eigenvalue weighted by Gasteiger charge is -2.20. The average Bonchev–Trinajstić information content (AvgIpc) is 2.61. The summed E-state index contributed by atoms with van der Waals surface area (Å²) in [6, 6.07) is 9.98. The van der Waals surface area contributed by atoms with Gasteiger partial charge in [-0.3, -0.25) is 14.6 Å². The van der Waals surface area contributed by atoms with Gasteiger partial charge >= 0.3 is 5.97 Å². The Hall–Kier alpha value is -3.22. The summed E-state index contributed by atoms with van der Waals surface area (Å²) in [6.45, 7) is 1.62. The highest BCUT2D eigenvalue weighted by atomic mass is 16.5. The summed E-state index contributed by atoms with van der Waals surface area (Å²) < 4.78 is 4.65. The van der Waals surface area contributed by atoms with Crippen molar-refractivity contribution in [3.05, 3.63) is 59.9 Å². The number of benzene rings is 1. The maximum atomic E-state index is 12.2. The maximum Gasteiger partial charge on any atom is 0.337 e. The van der Waals surface area contributed by atoms with E-state index in [4.69, 9.17) is 0 Å². The van der Waals surface area contributed by atoms with Gasteiger partial charge in [-0.05, 0) is 35.9 Å². The first-order valence-electron chi connectivity index (χ1n) is 7.62. The van der Waals surface area contributed by atoms with Crippen molar-refractivity contribution in [3.63, 3.8) is 0 Å². The second kappa shape index (κ2) is 8.58. The van der Waals surface area contributed by atoms with E-state index in [1.807, 2.05) is 0 Å². The molecule has 2 amide bonds. The lowest BCUT2D eigenvalue weighted by Crippen LogP contribution is -2.36. The number of nitrogens with zero attached hydrogens (tertiary/aromatic N) is 2. The van der Waals surface area contributed by atoms with Gasteiger partial charge in [-0.25, -0.2) is 4.79 Å². The van der Waals surface area contributed by atoms with Crippen LogP contribution in [0.1, 0.15) is 22.8 Å². The van der Waals surface area contributed by atoms with Crippen molar-refractivity contribution in [1.29, 1.82) is 0 Å². The fourth-order valence-corrected chi connectivity index (χ4v) is 2.20. The second-order valence-electron chi connectivity index (χ2n) is 5.35. The number of carbonyl (C=O) groups is 3. The lowest BCUT2D eigenvalue weighted by molar-refractivity contribution is -0.133. The van der Waals surface area contributed by atoms with E-state index in [0.717, 1.165) is 5.56 Å². The Morgan fingerprint density at radius 3 is 2.52 bits per heavy atom. The van der Waals surface area contributed by atoms with Crippen molar-refractivity contribution in [2.75, 3.05) is 19.0 Å². The first-order chi connectivity index (χ1) is 12.0. The molecule has 0 aliphatic rings. The molecule has 0 fully saturated rings.